The number of carbonyl (C=O) groups excluding carboxylic acids is 2. The molecule has 2 aliphatic heterocycles. The molecule has 2 amide bonds. The van der Waals surface area contributed by atoms with Gasteiger partial charge in [-0.15, -0.1) is 0 Å². The third kappa shape index (κ3) is 2.98. The summed E-state index contributed by atoms with van der Waals surface area (Å²) >= 11 is 0. The number of hydrogen-bond donors (Lipinski definition) is 0. The van der Waals surface area contributed by atoms with Crippen LogP contribution in [0.2, 0.25) is 0 Å². The van der Waals surface area contributed by atoms with Crippen LogP contribution in [0.15, 0.2) is 60.7 Å². The molecule has 0 aromatic heterocycles. The van der Waals surface area contributed by atoms with E-state index in [0.29, 0.717) is 19.4 Å². The molecule has 0 aliphatic carbocycles. The summed E-state index contributed by atoms with van der Waals surface area (Å²) in [7, 11) is 0. The SMILES string of the molecule is O=C1CCC(=O)N1CCCC1(c2ccccc2)OC1c1ccccc1. The van der Waals surface area contributed by atoms with E-state index in [-0.39, 0.29) is 23.5 Å². The molecule has 4 heteroatoms. The van der Waals surface area contributed by atoms with Gasteiger partial charge in [0.25, 0.3) is 0 Å². The predicted octanol–water partition coefficient (Wildman–Crippen LogP) is 3.58. The number of likely N-dealkylation sites (tertiary alicyclic amines) is 1. The van der Waals surface area contributed by atoms with E-state index < -0.39 is 0 Å². The fraction of sp³-hybridized carbons (Fsp3) is 0.333. The first-order chi connectivity index (χ1) is 12.2. The topological polar surface area (TPSA) is 49.9 Å². The highest BCUT2D eigenvalue weighted by Crippen LogP contribution is 2.59. The zero-order valence-corrected chi connectivity index (χ0v) is 14.1. The van der Waals surface area contributed by atoms with Gasteiger partial charge in [0.2, 0.25) is 11.8 Å². The van der Waals surface area contributed by atoms with E-state index in [4.69, 9.17) is 4.74 Å². The lowest BCUT2D eigenvalue weighted by Gasteiger charge is -2.17. The fourth-order valence-electron chi connectivity index (χ4n) is 3.79. The predicted molar refractivity (Wildman–Crippen MR) is 93.6 cm³/mol. The van der Waals surface area contributed by atoms with Crippen LogP contribution in [0.3, 0.4) is 0 Å². The van der Waals surface area contributed by atoms with E-state index in [1.165, 1.54) is 10.5 Å². The maximum atomic E-state index is 11.8. The smallest absolute Gasteiger partial charge is 0.229 e. The maximum absolute atomic E-state index is 11.8. The summed E-state index contributed by atoms with van der Waals surface area (Å²) in [5, 5.41) is 0. The van der Waals surface area contributed by atoms with Crippen molar-refractivity contribution in [1.82, 2.24) is 4.90 Å². The van der Waals surface area contributed by atoms with Crippen molar-refractivity contribution in [3.63, 3.8) is 0 Å². The summed E-state index contributed by atoms with van der Waals surface area (Å²) < 4.78 is 6.21. The highest BCUT2D eigenvalue weighted by molar-refractivity contribution is 6.01. The number of nitrogens with zero attached hydrogens (tertiary/aromatic N) is 1. The second-order valence-corrected chi connectivity index (χ2v) is 6.71. The van der Waals surface area contributed by atoms with Crippen molar-refractivity contribution >= 4 is 11.8 Å². The van der Waals surface area contributed by atoms with Crippen LogP contribution in [0.25, 0.3) is 0 Å². The number of benzene rings is 2. The van der Waals surface area contributed by atoms with E-state index >= 15 is 0 Å². The minimum atomic E-state index is -0.353. The van der Waals surface area contributed by atoms with Gasteiger partial charge in [-0.1, -0.05) is 60.7 Å². The molecule has 128 valence electrons. The molecular weight excluding hydrogens is 314 g/mol. The average Bonchev–Trinajstić information content (AvgIpc) is 3.32. The number of rotatable bonds is 6. The van der Waals surface area contributed by atoms with Gasteiger partial charge < -0.3 is 4.74 Å². The standard InChI is InChI=1S/C21H21NO3/c23-18-12-13-19(24)22(18)15-7-14-21(17-10-5-2-6-11-17)20(25-21)16-8-3-1-4-9-16/h1-6,8-11,20H,7,12-15H2. The van der Waals surface area contributed by atoms with E-state index in [2.05, 4.69) is 24.3 Å². The van der Waals surface area contributed by atoms with Gasteiger partial charge in [-0.2, -0.15) is 0 Å². The Hall–Kier alpha value is -2.46. The van der Waals surface area contributed by atoms with Crippen molar-refractivity contribution in [2.75, 3.05) is 6.54 Å². The van der Waals surface area contributed by atoms with Crippen LogP contribution in [0.1, 0.15) is 42.9 Å². The molecule has 2 fully saturated rings. The summed E-state index contributed by atoms with van der Waals surface area (Å²) in [5.74, 6) is -0.0924. The molecule has 2 atom stereocenters. The Morgan fingerprint density at radius 1 is 0.920 bits per heavy atom. The molecule has 2 aromatic rings. The Balaban J connectivity index is 1.50. The minimum Gasteiger partial charge on any atom is -0.356 e. The molecule has 2 saturated heterocycles. The number of epoxide rings is 1. The molecule has 4 rings (SSSR count). The molecule has 0 radical (unpaired) electrons. The normalized spacial score (nSPS) is 25.4. The second kappa shape index (κ2) is 6.45. The van der Waals surface area contributed by atoms with E-state index in [0.717, 1.165) is 18.4 Å². The fourth-order valence-corrected chi connectivity index (χ4v) is 3.79. The Morgan fingerprint density at radius 2 is 1.52 bits per heavy atom. The van der Waals surface area contributed by atoms with Gasteiger partial charge in [-0.3, -0.25) is 14.5 Å². The number of imide groups is 1. The van der Waals surface area contributed by atoms with Crippen LogP contribution < -0.4 is 0 Å². The van der Waals surface area contributed by atoms with Crippen molar-refractivity contribution in [3.8, 4) is 0 Å². The van der Waals surface area contributed by atoms with Crippen LogP contribution in [0, 0.1) is 0 Å². The first kappa shape index (κ1) is 16.0. The maximum Gasteiger partial charge on any atom is 0.229 e. The summed E-state index contributed by atoms with van der Waals surface area (Å²) in [4.78, 5) is 25.0. The average molecular weight is 335 g/mol. The van der Waals surface area contributed by atoms with Gasteiger partial charge in [-0.05, 0) is 24.0 Å². The summed E-state index contributed by atoms with van der Waals surface area (Å²) in [6, 6.07) is 20.4. The van der Waals surface area contributed by atoms with Crippen LogP contribution in [-0.4, -0.2) is 23.3 Å². The van der Waals surface area contributed by atoms with Crippen molar-refractivity contribution in [2.24, 2.45) is 0 Å². The van der Waals surface area contributed by atoms with Crippen molar-refractivity contribution in [3.05, 3.63) is 71.8 Å². The van der Waals surface area contributed by atoms with Crippen LogP contribution in [0.4, 0.5) is 0 Å². The van der Waals surface area contributed by atoms with Gasteiger partial charge in [0.1, 0.15) is 11.7 Å². The molecule has 0 spiro atoms. The van der Waals surface area contributed by atoms with E-state index in [9.17, 15) is 9.59 Å². The molecule has 2 unspecified atom stereocenters. The first-order valence-corrected chi connectivity index (χ1v) is 8.82. The molecule has 2 aliphatic rings. The van der Waals surface area contributed by atoms with Gasteiger partial charge in [0.05, 0.1) is 0 Å². The number of hydrogen-bond acceptors (Lipinski definition) is 3. The molecular formula is C21H21NO3. The van der Waals surface area contributed by atoms with Crippen LogP contribution in [0.5, 0.6) is 0 Å². The number of carbonyl (C=O) groups is 2. The molecule has 0 bridgehead atoms. The Bertz CT molecular complexity index is 758. The number of amides is 2. The molecule has 25 heavy (non-hydrogen) atoms. The third-order valence-corrected chi connectivity index (χ3v) is 5.14. The lowest BCUT2D eigenvalue weighted by atomic mass is 9.88. The largest absolute Gasteiger partial charge is 0.356 e. The van der Waals surface area contributed by atoms with Crippen molar-refractivity contribution in [1.29, 1.82) is 0 Å². The van der Waals surface area contributed by atoms with E-state index in [1.807, 2.05) is 36.4 Å². The third-order valence-electron chi connectivity index (χ3n) is 5.14. The van der Waals surface area contributed by atoms with Crippen molar-refractivity contribution in [2.45, 2.75) is 37.4 Å². The monoisotopic (exact) mass is 335 g/mol. The Kier molecular flexibility index (Phi) is 4.14. The second-order valence-electron chi connectivity index (χ2n) is 6.71. The summed E-state index contributed by atoms with van der Waals surface area (Å²) in [5.41, 5.74) is 1.97. The lowest BCUT2D eigenvalue weighted by molar-refractivity contribution is -0.138. The number of ether oxygens (including phenoxy) is 1. The van der Waals surface area contributed by atoms with Gasteiger partial charge in [-0.25, -0.2) is 0 Å². The Labute approximate surface area is 147 Å². The molecule has 0 N–H and O–H groups in total. The summed E-state index contributed by atoms with van der Waals surface area (Å²) in [6.45, 7) is 0.483. The zero-order chi connectivity index (χ0) is 17.3. The zero-order valence-electron chi connectivity index (χ0n) is 14.1. The minimum absolute atomic E-state index is 0.0288. The quantitative estimate of drug-likeness (QED) is 0.599. The first-order valence-electron chi connectivity index (χ1n) is 8.82. The lowest BCUT2D eigenvalue weighted by Crippen LogP contribution is -2.30. The van der Waals surface area contributed by atoms with Crippen LogP contribution in [-0.2, 0) is 19.9 Å². The Morgan fingerprint density at radius 3 is 2.16 bits per heavy atom. The van der Waals surface area contributed by atoms with E-state index in [1.54, 1.807) is 0 Å². The highest BCUT2D eigenvalue weighted by Gasteiger charge is 2.57. The van der Waals surface area contributed by atoms with Crippen LogP contribution >= 0.6 is 0 Å². The van der Waals surface area contributed by atoms with Crippen molar-refractivity contribution < 1.29 is 14.3 Å². The van der Waals surface area contributed by atoms with Gasteiger partial charge >= 0.3 is 0 Å². The molecule has 0 saturated carbocycles. The molecule has 2 heterocycles. The van der Waals surface area contributed by atoms with Gasteiger partial charge in [0, 0.05) is 19.4 Å². The van der Waals surface area contributed by atoms with Gasteiger partial charge in [0.15, 0.2) is 0 Å². The summed E-state index contributed by atoms with van der Waals surface area (Å²) in [6.07, 6.45) is 2.27. The highest BCUT2D eigenvalue weighted by atomic mass is 16.6. The molecule has 4 nitrogen and oxygen atoms in total. The molecule has 2 aromatic carbocycles.